The molecule has 2 rings (SSSR count). The molecule has 1 N–H and O–H groups in total. The van der Waals surface area contributed by atoms with Gasteiger partial charge in [0.15, 0.2) is 0 Å². The highest BCUT2D eigenvalue weighted by Crippen LogP contribution is 2.37. The Kier molecular flexibility index (Phi) is 1.87. The van der Waals surface area contributed by atoms with Crippen LogP contribution in [-0.4, -0.2) is 17.6 Å². The van der Waals surface area contributed by atoms with Crippen LogP contribution in [0.4, 0.5) is 5.82 Å². The zero-order valence-electron chi connectivity index (χ0n) is 8.00. The number of methoxy groups -OCH3 is 1. The summed E-state index contributed by atoms with van der Waals surface area (Å²) in [5, 5.41) is 3.38. The molecule has 1 fully saturated rings. The van der Waals surface area contributed by atoms with Crippen LogP contribution in [0.1, 0.15) is 19.8 Å². The van der Waals surface area contributed by atoms with E-state index < -0.39 is 0 Å². The fourth-order valence-electron chi connectivity index (χ4n) is 1.22. The lowest BCUT2D eigenvalue weighted by Crippen LogP contribution is -2.16. The van der Waals surface area contributed by atoms with Crippen LogP contribution in [0, 0.1) is 0 Å². The molecule has 3 nitrogen and oxygen atoms in total. The van der Waals surface area contributed by atoms with E-state index in [0.717, 1.165) is 5.82 Å². The number of hydrogen-bond donors (Lipinski definition) is 1. The van der Waals surface area contributed by atoms with Gasteiger partial charge in [0.2, 0.25) is 5.88 Å². The van der Waals surface area contributed by atoms with E-state index in [1.54, 1.807) is 7.11 Å². The smallest absolute Gasteiger partial charge is 0.214 e. The van der Waals surface area contributed by atoms with Crippen molar-refractivity contribution in [2.45, 2.75) is 25.3 Å². The Labute approximate surface area is 78.1 Å². The van der Waals surface area contributed by atoms with Gasteiger partial charge >= 0.3 is 0 Å². The third kappa shape index (κ3) is 1.91. The van der Waals surface area contributed by atoms with Crippen molar-refractivity contribution < 1.29 is 4.74 Å². The molecule has 1 aliphatic rings. The van der Waals surface area contributed by atoms with E-state index in [1.165, 1.54) is 12.8 Å². The second kappa shape index (κ2) is 2.91. The average Bonchev–Trinajstić information content (AvgIpc) is 2.84. The van der Waals surface area contributed by atoms with Crippen molar-refractivity contribution in [3.63, 3.8) is 0 Å². The van der Waals surface area contributed by atoms with Gasteiger partial charge in [-0.25, -0.2) is 0 Å². The predicted octanol–water partition coefficient (Wildman–Crippen LogP) is 2.05. The number of hydrogen-bond acceptors (Lipinski definition) is 3. The van der Waals surface area contributed by atoms with Crippen LogP contribution in [-0.2, 0) is 0 Å². The van der Waals surface area contributed by atoms with E-state index in [2.05, 4.69) is 17.2 Å². The minimum atomic E-state index is 0.277. The van der Waals surface area contributed by atoms with Crippen LogP contribution in [0.3, 0.4) is 0 Å². The highest BCUT2D eigenvalue weighted by atomic mass is 16.5. The summed E-state index contributed by atoms with van der Waals surface area (Å²) < 4.78 is 5.04. The molecular weight excluding hydrogens is 164 g/mol. The molecule has 1 aliphatic carbocycles. The lowest BCUT2D eigenvalue weighted by Gasteiger charge is -2.12. The van der Waals surface area contributed by atoms with E-state index in [1.807, 2.05) is 18.2 Å². The van der Waals surface area contributed by atoms with E-state index >= 15 is 0 Å². The monoisotopic (exact) mass is 178 g/mol. The van der Waals surface area contributed by atoms with Crippen molar-refractivity contribution in [3.05, 3.63) is 18.2 Å². The van der Waals surface area contributed by atoms with Gasteiger partial charge < -0.3 is 10.1 Å². The van der Waals surface area contributed by atoms with Crippen LogP contribution >= 0.6 is 0 Å². The summed E-state index contributed by atoms with van der Waals surface area (Å²) in [6, 6.07) is 5.76. The fraction of sp³-hybridized carbons (Fsp3) is 0.500. The summed E-state index contributed by atoms with van der Waals surface area (Å²) >= 11 is 0. The van der Waals surface area contributed by atoms with Gasteiger partial charge in [0.1, 0.15) is 5.82 Å². The van der Waals surface area contributed by atoms with Gasteiger partial charge in [0.05, 0.1) is 7.11 Å². The first-order valence-electron chi connectivity index (χ1n) is 4.51. The minimum absolute atomic E-state index is 0.277. The number of nitrogens with one attached hydrogen (secondary N) is 1. The van der Waals surface area contributed by atoms with E-state index in [4.69, 9.17) is 4.74 Å². The maximum atomic E-state index is 5.04. The standard InChI is InChI=1S/C10H14N2O/c1-10(6-7-10)12-8-4-3-5-9(11-8)13-2/h3-5H,6-7H2,1-2H3,(H,11,12). The normalized spacial score (nSPS) is 18.0. The molecule has 1 saturated carbocycles. The Bertz CT molecular complexity index is 308. The molecule has 0 atom stereocenters. The predicted molar refractivity (Wildman–Crippen MR) is 52.1 cm³/mol. The first-order valence-corrected chi connectivity index (χ1v) is 4.51. The number of pyridine rings is 1. The van der Waals surface area contributed by atoms with Crippen LogP contribution < -0.4 is 10.1 Å². The van der Waals surface area contributed by atoms with Crippen molar-refractivity contribution >= 4 is 5.82 Å². The third-order valence-corrected chi connectivity index (χ3v) is 2.36. The molecule has 0 radical (unpaired) electrons. The molecule has 1 aromatic heterocycles. The maximum absolute atomic E-state index is 5.04. The number of ether oxygens (including phenoxy) is 1. The largest absolute Gasteiger partial charge is 0.481 e. The zero-order valence-corrected chi connectivity index (χ0v) is 8.00. The number of rotatable bonds is 3. The molecule has 70 valence electrons. The number of nitrogens with zero attached hydrogens (tertiary/aromatic N) is 1. The average molecular weight is 178 g/mol. The summed E-state index contributed by atoms with van der Waals surface area (Å²) in [5.74, 6) is 1.56. The van der Waals surface area contributed by atoms with E-state index in [9.17, 15) is 0 Å². The number of anilines is 1. The summed E-state index contributed by atoms with van der Waals surface area (Å²) in [4.78, 5) is 4.28. The molecule has 0 amide bonds. The van der Waals surface area contributed by atoms with Gasteiger partial charge in [-0.15, -0.1) is 0 Å². The Balaban J connectivity index is 2.11. The Morgan fingerprint density at radius 1 is 1.46 bits per heavy atom. The van der Waals surface area contributed by atoms with Crippen molar-refractivity contribution in [1.29, 1.82) is 0 Å². The van der Waals surface area contributed by atoms with Gasteiger partial charge in [-0.2, -0.15) is 4.98 Å². The number of aromatic nitrogens is 1. The van der Waals surface area contributed by atoms with Crippen molar-refractivity contribution in [1.82, 2.24) is 4.98 Å². The first kappa shape index (κ1) is 8.35. The van der Waals surface area contributed by atoms with Crippen molar-refractivity contribution in [2.75, 3.05) is 12.4 Å². The van der Waals surface area contributed by atoms with Gasteiger partial charge in [-0.1, -0.05) is 6.07 Å². The SMILES string of the molecule is COc1cccc(NC2(C)CC2)n1. The summed E-state index contributed by atoms with van der Waals surface area (Å²) in [6.45, 7) is 2.20. The molecule has 1 heterocycles. The second-order valence-corrected chi connectivity index (χ2v) is 3.75. The van der Waals surface area contributed by atoms with Crippen molar-refractivity contribution in [3.8, 4) is 5.88 Å². The van der Waals surface area contributed by atoms with Crippen molar-refractivity contribution in [2.24, 2.45) is 0 Å². The Hall–Kier alpha value is -1.25. The van der Waals surface area contributed by atoms with Gasteiger partial charge in [0, 0.05) is 11.6 Å². The molecular formula is C10H14N2O. The van der Waals surface area contributed by atoms with Gasteiger partial charge in [-0.05, 0) is 25.8 Å². The molecule has 1 aromatic rings. The van der Waals surface area contributed by atoms with Crippen LogP contribution in [0.2, 0.25) is 0 Å². The molecule has 0 unspecified atom stereocenters. The maximum Gasteiger partial charge on any atom is 0.214 e. The molecule has 0 saturated heterocycles. The first-order chi connectivity index (χ1) is 6.22. The third-order valence-electron chi connectivity index (χ3n) is 2.36. The molecule has 0 spiro atoms. The molecule has 0 aromatic carbocycles. The molecule has 0 aliphatic heterocycles. The van der Waals surface area contributed by atoms with E-state index in [-0.39, 0.29) is 5.54 Å². The summed E-state index contributed by atoms with van der Waals surface area (Å²) in [7, 11) is 1.63. The van der Waals surface area contributed by atoms with Crippen LogP contribution in [0.25, 0.3) is 0 Å². The minimum Gasteiger partial charge on any atom is -0.481 e. The summed E-state index contributed by atoms with van der Waals surface area (Å²) in [5.41, 5.74) is 0.277. The molecule has 13 heavy (non-hydrogen) atoms. The lowest BCUT2D eigenvalue weighted by molar-refractivity contribution is 0.398. The topological polar surface area (TPSA) is 34.1 Å². The van der Waals surface area contributed by atoms with E-state index in [0.29, 0.717) is 5.88 Å². The Morgan fingerprint density at radius 3 is 2.85 bits per heavy atom. The highest BCUT2D eigenvalue weighted by Gasteiger charge is 2.37. The quantitative estimate of drug-likeness (QED) is 0.769. The van der Waals surface area contributed by atoms with Gasteiger partial charge in [-0.3, -0.25) is 0 Å². The summed E-state index contributed by atoms with van der Waals surface area (Å²) in [6.07, 6.45) is 2.46. The Morgan fingerprint density at radius 2 is 2.23 bits per heavy atom. The lowest BCUT2D eigenvalue weighted by atomic mass is 10.3. The highest BCUT2D eigenvalue weighted by molar-refractivity contribution is 5.41. The molecule has 0 bridgehead atoms. The van der Waals surface area contributed by atoms with Gasteiger partial charge in [0.25, 0.3) is 0 Å². The second-order valence-electron chi connectivity index (χ2n) is 3.75. The zero-order chi connectivity index (χ0) is 9.31. The van der Waals surface area contributed by atoms with Crippen LogP contribution in [0.15, 0.2) is 18.2 Å². The molecule has 3 heteroatoms. The van der Waals surface area contributed by atoms with Crippen LogP contribution in [0.5, 0.6) is 5.88 Å². The fourth-order valence-corrected chi connectivity index (χ4v) is 1.22.